The molecule has 2 aromatic rings. The monoisotopic (exact) mass is 463 g/mol. The summed E-state index contributed by atoms with van der Waals surface area (Å²) in [4.78, 5) is 25.1. The lowest BCUT2D eigenvalue weighted by Gasteiger charge is -2.25. The number of carbonyl (C=O) groups is 2. The number of nitrogens with zero attached hydrogens (tertiary/aromatic N) is 1. The average Bonchev–Trinajstić information content (AvgIpc) is 3.08. The van der Waals surface area contributed by atoms with Crippen molar-refractivity contribution < 1.29 is 33.3 Å². The Balaban J connectivity index is 1.74. The van der Waals surface area contributed by atoms with Gasteiger partial charge in [0, 0.05) is 18.8 Å². The highest BCUT2D eigenvalue weighted by Crippen LogP contribution is 2.41. The molecule has 0 saturated heterocycles. The molecule has 2 aromatic carbocycles. The third kappa shape index (κ3) is 5.35. The number of carboxylic acid groups (broad SMARTS) is 1. The summed E-state index contributed by atoms with van der Waals surface area (Å²) in [5.41, 5.74) is 0.144. The summed E-state index contributed by atoms with van der Waals surface area (Å²) in [7, 11) is 4.63. The van der Waals surface area contributed by atoms with Crippen molar-refractivity contribution in [3.63, 3.8) is 0 Å². The quantitative estimate of drug-likeness (QED) is 0.538. The van der Waals surface area contributed by atoms with Gasteiger partial charge < -0.3 is 34.9 Å². The van der Waals surface area contributed by atoms with Gasteiger partial charge in [-0.25, -0.2) is 9.18 Å². The molecule has 0 aromatic heterocycles. The largest absolute Gasteiger partial charge is 0.493 e. The molecule has 9 nitrogen and oxygen atoms in total. The Labute approximate surface area is 188 Å². The highest BCUT2D eigenvalue weighted by molar-refractivity contribution is 8.02. The zero-order valence-electron chi connectivity index (χ0n) is 17.5. The first kappa shape index (κ1) is 23.1. The summed E-state index contributed by atoms with van der Waals surface area (Å²) in [6, 6.07) is 8.14. The number of methoxy groups -OCH3 is 2. The number of para-hydroxylation sites is 1. The van der Waals surface area contributed by atoms with Crippen LogP contribution in [0.5, 0.6) is 23.0 Å². The number of urea groups is 1. The number of ether oxygens (including phenoxy) is 3. The van der Waals surface area contributed by atoms with E-state index in [9.17, 15) is 14.0 Å². The molecular formula is C21H22FN3O6S. The minimum absolute atomic E-state index is 0.0942. The summed E-state index contributed by atoms with van der Waals surface area (Å²) < 4.78 is 30.4. The van der Waals surface area contributed by atoms with Gasteiger partial charge >= 0.3 is 12.0 Å². The molecule has 0 fully saturated rings. The molecule has 1 unspecified atom stereocenters. The summed E-state index contributed by atoms with van der Waals surface area (Å²) >= 11 is 1.25. The van der Waals surface area contributed by atoms with Crippen LogP contribution in [0.3, 0.4) is 0 Å². The summed E-state index contributed by atoms with van der Waals surface area (Å²) in [6.07, 6.45) is -0.159. The number of hydrogen-bond acceptors (Lipinski definition) is 7. The zero-order valence-corrected chi connectivity index (χ0v) is 18.4. The molecule has 0 spiro atoms. The lowest BCUT2D eigenvalue weighted by atomic mass is 10.2. The molecule has 3 rings (SSSR count). The van der Waals surface area contributed by atoms with Crippen LogP contribution in [0.15, 0.2) is 47.5 Å². The number of benzene rings is 2. The van der Waals surface area contributed by atoms with Gasteiger partial charge in [0.15, 0.2) is 22.7 Å². The van der Waals surface area contributed by atoms with Crippen LogP contribution in [-0.4, -0.2) is 48.8 Å². The lowest BCUT2D eigenvalue weighted by molar-refractivity contribution is -0.136. The number of carbonyl (C=O) groups excluding carboxylic acids is 1. The Bertz CT molecular complexity index is 1050. The smallest absolute Gasteiger partial charge is 0.321 e. The van der Waals surface area contributed by atoms with Crippen LogP contribution in [-0.2, 0) is 4.79 Å². The topological polar surface area (TPSA) is 109 Å². The Kier molecular flexibility index (Phi) is 7.31. The molecule has 0 bridgehead atoms. The predicted molar refractivity (Wildman–Crippen MR) is 118 cm³/mol. The van der Waals surface area contributed by atoms with E-state index in [1.54, 1.807) is 35.6 Å². The molecule has 1 aliphatic heterocycles. The second-order valence-electron chi connectivity index (χ2n) is 6.61. The molecule has 2 amide bonds. The number of aliphatic carboxylic acids is 1. The number of rotatable bonds is 8. The number of amides is 2. The van der Waals surface area contributed by atoms with E-state index in [0.29, 0.717) is 22.9 Å². The van der Waals surface area contributed by atoms with Gasteiger partial charge in [-0.05, 0) is 29.7 Å². The number of carboxylic acids is 1. The van der Waals surface area contributed by atoms with E-state index in [4.69, 9.17) is 19.3 Å². The average molecular weight is 463 g/mol. The molecule has 1 atom stereocenters. The van der Waals surface area contributed by atoms with Gasteiger partial charge in [-0.15, -0.1) is 0 Å². The molecule has 1 heterocycles. The van der Waals surface area contributed by atoms with Gasteiger partial charge in [0.1, 0.15) is 5.82 Å². The van der Waals surface area contributed by atoms with Crippen LogP contribution >= 0.6 is 11.8 Å². The minimum atomic E-state index is -0.969. The summed E-state index contributed by atoms with van der Waals surface area (Å²) in [5, 5.41) is 15.9. The van der Waals surface area contributed by atoms with Gasteiger partial charge in [0.2, 0.25) is 5.75 Å². The van der Waals surface area contributed by atoms with Crippen molar-refractivity contribution in [2.75, 3.05) is 26.6 Å². The van der Waals surface area contributed by atoms with Gasteiger partial charge in [-0.1, -0.05) is 17.8 Å². The van der Waals surface area contributed by atoms with Gasteiger partial charge in [-0.3, -0.25) is 4.79 Å². The first-order valence-electron chi connectivity index (χ1n) is 9.37. The zero-order chi connectivity index (χ0) is 23.3. The molecule has 1 aliphatic rings. The van der Waals surface area contributed by atoms with Crippen LogP contribution < -0.4 is 24.8 Å². The molecular weight excluding hydrogens is 441 g/mol. The first-order valence-corrected chi connectivity index (χ1v) is 10.3. The van der Waals surface area contributed by atoms with E-state index in [1.165, 1.54) is 38.1 Å². The fourth-order valence-corrected chi connectivity index (χ4v) is 3.96. The molecule has 170 valence electrons. The Morgan fingerprint density at radius 3 is 2.59 bits per heavy atom. The third-order valence-electron chi connectivity index (χ3n) is 4.50. The standard InChI is InChI=1S/C21H22FN3O6S/c1-25-13(10-18(26)27)11-32-21(25)24-20(28)23-14-9-12(22)7-8-15(14)31-17-6-4-5-16(29-2)19(17)30-3/h4-9,11,21H,10H2,1-3H3,(H,26,27)(H2,23,24,28). The fraction of sp³-hybridized carbons (Fsp3) is 0.238. The summed E-state index contributed by atoms with van der Waals surface area (Å²) in [5.74, 6) is -0.242. The number of hydrogen-bond donors (Lipinski definition) is 3. The van der Waals surface area contributed by atoms with E-state index in [2.05, 4.69) is 10.6 Å². The van der Waals surface area contributed by atoms with Crippen molar-refractivity contribution in [2.45, 2.75) is 11.9 Å². The molecule has 0 radical (unpaired) electrons. The van der Waals surface area contributed by atoms with Crippen molar-refractivity contribution in [3.05, 3.63) is 53.3 Å². The van der Waals surface area contributed by atoms with Crippen LogP contribution in [0.2, 0.25) is 0 Å². The minimum Gasteiger partial charge on any atom is -0.493 e. The highest BCUT2D eigenvalue weighted by atomic mass is 32.2. The maximum Gasteiger partial charge on any atom is 0.321 e. The molecule has 0 saturated carbocycles. The van der Waals surface area contributed by atoms with Crippen molar-refractivity contribution in [3.8, 4) is 23.0 Å². The molecule has 3 N–H and O–H groups in total. The van der Waals surface area contributed by atoms with Gasteiger partial charge in [0.25, 0.3) is 0 Å². The lowest BCUT2D eigenvalue weighted by Crippen LogP contribution is -2.43. The van der Waals surface area contributed by atoms with Crippen LogP contribution in [0.4, 0.5) is 14.9 Å². The Morgan fingerprint density at radius 1 is 1.16 bits per heavy atom. The van der Waals surface area contributed by atoms with E-state index >= 15 is 0 Å². The number of thioether (sulfide) groups is 1. The van der Waals surface area contributed by atoms with Gasteiger partial charge in [0.05, 0.1) is 26.3 Å². The predicted octanol–water partition coefficient (Wildman–Crippen LogP) is 4.04. The molecule has 11 heteroatoms. The third-order valence-corrected chi connectivity index (χ3v) is 5.60. The second kappa shape index (κ2) is 10.1. The molecule has 32 heavy (non-hydrogen) atoms. The highest BCUT2D eigenvalue weighted by Gasteiger charge is 2.26. The van der Waals surface area contributed by atoms with E-state index in [0.717, 1.165) is 6.07 Å². The normalized spacial score (nSPS) is 15.1. The summed E-state index contributed by atoms with van der Waals surface area (Å²) in [6.45, 7) is 0. The maximum atomic E-state index is 13.9. The van der Waals surface area contributed by atoms with Crippen LogP contribution in [0, 0.1) is 5.82 Å². The second-order valence-corrected chi connectivity index (χ2v) is 7.57. The van der Waals surface area contributed by atoms with Crippen molar-refractivity contribution in [2.24, 2.45) is 0 Å². The van der Waals surface area contributed by atoms with E-state index in [1.807, 2.05) is 0 Å². The first-order chi connectivity index (χ1) is 15.3. The number of halogens is 1. The molecule has 0 aliphatic carbocycles. The van der Waals surface area contributed by atoms with Crippen LogP contribution in [0.1, 0.15) is 6.42 Å². The van der Waals surface area contributed by atoms with Crippen molar-refractivity contribution in [1.29, 1.82) is 0 Å². The van der Waals surface area contributed by atoms with E-state index < -0.39 is 23.3 Å². The number of anilines is 1. The fourth-order valence-electron chi connectivity index (χ4n) is 2.94. The van der Waals surface area contributed by atoms with Gasteiger partial charge in [-0.2, -0.15) is 0 Å². The Morgan fingerprint density at radius 2 is 1.91 bits per heavy atom. The van der Waals surface area contributed by atoms with Crippen LogP contribution in [0.25, 0.3) is 0 Å². The maximum absolute atomic E-state index is 13.9. The van der Waals surface area contributed by atoms with Crippen molar-refractivity contribution >= 4 is 29.4 Å². The number of nitrogens with one attached hydrogen (secondary N) is 2. The van der Waals surface area contributed by atoms with Crippen molar-refractivity contribution in [1.82, 2.24) is 10.2 Å². The van der Waals surface area contributed by atoms with E-state index in [-0.39, 0.29) is 17.9 Å². The SMILES string of the molecule is COc1cccc(Oc2ccc(F)cc2NC(=O)NC2SC=C(CC(=O)O)N2C)c1OC. The Hall–Kier alpha value is -3.60.